The quantitative estimate of drug-likeness (QED) is 0.531. The molecule has 0 atom stereocenters. The van der Waals surface area contributed by atoms with Gasteiger partial charge in [-0.25, -0.2) is 9.97 Å². The summed E-state index contributed by atoms with van der Waals surface area (Å²) in [7, 11) is 0. The van der Waals surface area contributed by atoms with Crippen LogP contribution in [0.2, 0.25) is 0 Å². The third-order valence-electron chi connectivity index (χ3n) is 6.51. The first-order valence-corrected chi connectivity index (χ1v) is 12.4. The third-order valence-corrected chi connectivity index (χ3v) is 6.51. The lowest BCUT2D eigenvalue weighted by molar-refractivity contribution is -0.119. The number of nitrogens with zero attached hydrogens (tertiary/aromatic N) is 5. The van der Waals surface area contributed by atoms with Gasteiger partial charge in [0.15, 0.2) is 11.6 Å². The molecule has 7 heteroatoms. The number of anilines is 3. The summed E-state index contributed by atoms with van der Waals surface area (Å²) in [6.45, 7) is 6.80. The van der Waals surface area contributed by atoms with Crippen LogP contribution in [0.4, 0.5) is 17.2 Å². The molecule has 2 aliphatic heterocycles. The Morgan fingerprint density at radius 1 is 0.943 bits per heavy atom. The monoisotopic (exact) mass is 469 g/mol. The predicted molar refractivity (Wildman–Crippen MR) is 138 cm³/mol. The molecule has 2 aliphatic rings. The number of carbonyl (C=O) groups excluding carboxylic acids is 2. The highest BCUT2D eigenvalue weighted by Crippen LogP contribution is 2.40. The lowest BCUT2D eigenvalue weighted by atomic mass is 10.1. The Morgan fingerprint density at radius 3 is 2.34 bits per heavy atom. The molecule has 0 spiro atoms. The van der Waals surface area contributed by atoms with Crippen molar-refractivity contribution in [2.75, 3.05) is 36.0 Å². The van der Waals surface area contributed by atoms with E-state index in [1.165, 1.54) is 6.42 Å². The fourth-order valence-electron chi connectivity index (χ4n) is 4.85. The first-order chi connectivity index (χ1) is 17.0. The molecule has 7 nitrogen and oxygen atoms in total. The fraction of sp³-hybridized carbons (Fsp3) is 0.357. The molecule has 5 rings (SSSR count). The predicted octanol–water partition coefficient (Wildman–Crippen LogP) is 4.91. The number of hydrogen-bond donors (Lipinski definition) is 0. The van der Waals surface area contributed by atoms with Crippen LogP contribution in [0.15, 0.2) is 60.8 Å². The zero-order chi connectivity index (χ0) is 24.4. The molecule has 3 heterocycles. The first-order valence-electron chi connectivity index (χ1n) is 12.4. The molecule has 1 aromatic heterocycles. The van der Waals surface area contributed by atoms with Gasteiger partial charge in [0.2, 0.25) is 5.91 Å². The Kier molecular flexibility index (Phi) is 6.59. The van der Waals surface area contributed by atoms with Gasteiger partial charge in [-0.1, -0.05) is 62.7 Å². The topological polar surface area (TPSA) is 69.6 Å². The van der Waals surface area contributed by atoms with E-state index in [-0.39, 0.29) is 24.3 Å². The molecule has 35 heavy (non-hydrogen) atoms. The maximum Gasteiger partial charge on any atom is 0.263 e. The number of aromatic nitrogens is 2. The van der Waals surface area contributed by atoms with E-state index < -0.39 is 0 Å². The molecular weight excluding hydrogens is 438 g/mol. The summed E-state index contributed by atoms with van der Waals surface area (Å²) < 4.78 is 0. The van der Waals surface area contributed by atoms with Gasteiger partial charge in [0.05, 0.1) is 17.9 Å². The zero-order valence-electron chi connectivity index (χ0n) is 20.4. The number of amides is 2. The van der Waals surface area contributed by atoms with E-state index in [2.05, 4.69) is 23.7 Å². The second kappa shape index (κ2) is 9.96. The van der Waals surface area contributed by atoms with E-state index in [0.29, 0.717) is 29.4 Å². The van der Waals surface area contributed by atoms with Crippen LogP contribution in [0.5, 0.6) is 0 Å². The van der Waals surface area contributed by atoms with Crippen LogP contribution < -0.4 is 9.80 Å². The highest BCUT2D eigenvalue weighted by Gasteiger charge is 2.36. The van der Waals surface area contributed by atoms with E-state index in [9.17, 15) is 9.59 Å². The van der Waals surface area contributed by atoms with Crippen molar-refractivity contribution in [3.05, 3.63) is 66.4 Å². The molecule has 2 amide bonds. The van der Waals surface area contributed by atoms with Crippen molar-refractivity contribution in [1.82, 2.24) is 14.9 Å². The Morgan fingerprint density at radius 2 is 1.63 bits per heavy atom. The Labute approximate surface area is 206 Å². The summed E-state index contributed by atoms with van der Waals surface area (Å²) in [6, 6.07) is 17.3. The van der Waals surface area contributed by atoms with E-state index in [1.807, 2.05) is 54.6 Å². The summed E-state index contributed by atoms with van der Waals surface area (Å²) in [5, 5.41) is 0. The van der Waals surface area contributed by atoms with Crippen LogP contribution in [0.3, 0.4) is 0 Å². The number of hydrogen-bond acceptors (Lipinski definition) is 5. The molecule has 1 fully saturated rings. The molecule has 1 saturated heterocycles. The molecule has 3 aromatic rings. The summed E-state index contributed by atoms with van der Waals surface area (Å²) >= 11 is 0. The third kappa shape index (κ3) is 4.68. The molecule has 0 unspecified atom stereocenters. The smallest absolute Gasteiger partial charge is 0.263 e. The van der Waals surface area contributed by atoms with Gasteiger partial charge in [0, 0.05) is 18.3 Å². The Bertz CT molecular complexity index is 1220. The van der Waals surface area contributed by atoms with E-state index >= 15 is 0 Å². The average molecular weight is 470 g/mol. The number of carbonyl (C=O) groups is 2. The summed E-state index contributed by atoms with van der Waals surface area (Å²) in [5.41, 5.74) is 2.58. The van der Waals surface area contributed by atoms with Crippen LogP contribution in [0.1, 0.15) is 43.5 Å². The second-order valence-corrected chi connectivity index (χ2v) is 9.66. The normalized spacial score (nSPS) is 16.1. The number of rotatable bonds is 5. The number of para-hydroxylation sites is 2. The Hall–Kier alpha value is -3.58. The molecule has 180 valence electrons. The van der Waals surface area contributed by atoms with Crippen molar-refractivity contribution in [2.24, 2.45) is 5.92 Å². The van der Waals surface area contributed by atoms with Gasteiger partial charge < -0.3 is 4.90 Å². The molecule has 0 bridgehead atoms. The van der Waals surface area contributed by atoms with Gasteiger partial charge in [0.25, 0.3) is 5.91 Å². The van der Waals surface area contributed by atoms with Crippen molar-refractivity contribution in [3.8, 4) is 11.4 Å². The van der Waals surface area contributed by atoms with Gasteiger partial charge in [-0.15, -0.1) is 0 Å². The SMILES string of the molecule is CC(C)CN1C(=O)c2cnc(-c3ccccc3)nc2N(C(=O)CN2CCCCC2)c2ccccc21. The highest BCUT2D eigenvalue weighted by atomic mass is 16.2. The van der Waals surface area contributed by atoms with Crippen LogP contribution >= 0.6 is 0 Å². The van der Waals surface area contributed by atoms with Crippen molar-refractivity contribution in [2.45, 2.75) is 33.1 Å². The van der Waals surface area contributed by atoms with Gasteiger partial charge in [-0.05, 0) is 44.0 Å². The second-order valence-electron chi connectivity index (χ2n) is 9.66. The molecule has 0 N–H and O–H groups in total. The van der Waals surface area contributed by atoms with Crippen LogP contribution in [0, 0.1) is 5.92 Å². The fourth-order valence-corrected chi connectivity index (χ4v) is 4.85. The maximum atomic E-state index is 13.9. The molecule has 0 saturated carbocycles. The van der Waals surface area contributed by atoms with Gasteiger partial charge in [-0.3, -0.25) is 19.4 Å². The largest absolute Gasteiger partial charge is 0.306 e. The van der Waals surface area contributed by atoms with Crippen molar-refractivity contribution < 1.29 is 9.59 Å². The van der Waals surface area contributed by atoms with E-state index in [4.69, 9.17) is 4.98 Å². The number of fused-ring (bicyclic) bond motifs is 2. The summed E-state index contributed by atoms with van der Waals surface area (Å²) in [6.07, 6.45) is 4.97. The van der Waals surface area contributed by atoms with E-state index in [0.717, 1.165) is 37.2 Å². The van der Waals surface area contributed by atoms with Crippen LogP contribution in [-0.4, -0.2) is 52.9 Å². The molecule has 0 radical (unpaired) electrons. The van der Waals surface area contributed by atoms with Gasteiger partial charge in [0.1, 0.15) is 5.56 Å². The Balaban J connectivity index is 1.67. The molecule has 2 aromatic carbocycles. The molecular formula is C28H31N5O2. The van der Waals surface area contributed by atoms with Crippen molar-refractivity contribution in [1.29, 1.82) is 0 Å². The minimum atomic E-state index is -0.186. The lowest BCUT2D eigenvalue weighted by Crippen LogP contribution is -2.41. The highest BCUT2D eigenvalue weighted by molar-refractivity contribution is 6.18. The van der Waals surface area contributed by atoms with Crippen LogP contribution in [0.25, 0.3) is 11.4 Å². The first kappa shape index (κ1) is 23.2. The standard InChI is InChI=1S/C28H31N5O2/c1-20(2)18-32-23-13-7-8-14-24(23)33(25(34)19-31-15-9-4-10-16-31)27-22(28(32)35)17-29-26(30-27)21-11-5-3-6-12-21/h3,5-8,11-14,17,20H,4,9-10,15-16,18-19H2,1-2H3. The minimum Gasteiger partial charge on any atom is -0.306 e. The number of likely N-dealkylation sites (tertiary alicyclic amines) is 1. The summed E-state index contributed by atoms with van der Waals surface area (Å²) in [4.78, 5) is 42.7. The average Bonchev–Trinajstić information content (AvgIpc) is 2.97. The number of piperidine rings is 1. The van der Waals surface area contributed by atoms with Crippen molar-refractivity contribution >= 4 is 29.0 Å². The van der Waals surface area contributed by atoms with Gasteiger partial charge >= 0.3 is 0 Å². The van der Waals surface area contributed by atoms with Gasteiger partial charge in [-0.2, -0.15) is 0 Å². The van der Waals surface area contributed by atoms with E-state index in [1.54, 1.807) is 16.0 Å². The maximum absolute atomic E-state index is 13.9. The number of benzene rings is 2. The zero-order valence-corrected chi connectivity index (χ0v) is 20.4. The summed E-state index contributed by atoms with van der Waals surface area (Å²) in [5.74, 6) is 0.814. The molecule has 0 aliphatic carbocycles. The lowest BCUT2D eigenvalue weighted by Gasteiger charge is -2.30. The van der Waals surface area contributed by atoms with Crippen molar-refractivity contribution in [3.63, 3.8) is 0 Å². The van der Waals surface area contributed by atoms with Crippen LogP contribution in [-0.2, 0) is 4.79 Å². The minimum absolute atomic E-state index is 0.0856.